The first-order valence-corrected chi connectivity index (χ1v) is 10.8. The summed E-state index contributed by atoms with van der Waals surface area (Å²) in [4.78, 5) is 36.9. The zero-order chi connectivity index (χ0) is 23.5. The lowest BCUT2D eigenvalue weighted by atomic mass is 9.89. The third kappa shape index (κ3) is 5.30. The third-order valence-electron chi connectivity index (χ3n) is 5.98. The van der Waals surface area contributed by atoms with Crippen LogP contribution in [0.3, 0.4) is 0 Å². The number of benzene rings is 1. The van der Waals surface area contributed by atoms with E-state index < -0.39 is 17.1 Å². The molecule has 0 radical (unpaired) electrons. The van der Waals surface area contributed by atoms with E-state index in [1.165, 1.54) is 24.0 Å². The molecule has 2 fully saturated rings. The summed E-state index contributed by atoms with van der Waals surface area (Å²) in [7, 11) is 0. The zero-order valence-corrected chi connectivity index (χ0v) is 18.2. The third-order valence-corrected chi connectivity index (χ3v) is 5.98. The largest absolute Gasteiger partial charge is 0.442 e. The van der Waals surface area contributed by atoms with Gasteiger partial charge in [0.25, 0.3) is 0 Å². The number of carbonyl (C=O) groups excluding carboxylic acids is 2. The van der Waals surface area contributed by atoms with E-state index in [1.807, 2.05) is 0 Å². The molecule has 0 aliphatic carbocycles. The first kappa shape index (κ1) is 22.7. The molecular weight excluding hydrogens is 435 g/mol. The smallest absolute Gasteiger partial charge is 0.433 e. The van der Waals surface area contributed by atoms with Gasteiger partial charge in [-0.15, -0.1) is 0 Å². The summed E-state index contributed by atoms with van der Waals surface area (Å²) in [6.45, 7) is 3.73. The van der Waals surface area contributed by atoms with E-state index in [9.17, 15) is 24.1 Å². The fraction of sp³-hybridized carbons (Fsp3) is 0.455. The molecule has 0 saturated carbocycles. The van der Waals surface area contributed by atoms with Gasteiger partial charge >= 0.3 is 12.0 Å². The molecule has 10 nitrogen and oxygen atoms in total. The van der Waals surface area contributed by atoms with Gasteiger partial charge in [-0.3, -0.25) is 24.7 Å². The average Bonchev–Trinajstić information content (AvgIpc) is 3.39. The predicted molar refractivity (Wildman–Crippen MR) is 115 cm³/mol. The number of carbonyl (C=O) groups is 2. The Hall–Kier alpha value is -3.47. The monoisotopic (exact) mass is 460 g/mol. The molecule has 2 amide bonds. The van der Waals surface area contributed by atoms with E-state index in [1.54, 1.807) is 18.2 Å². The van der Waals surface area contributed by atoms with Gasteiger partial charge in [-0.1, -0.05) is 6.07 Å². The van der Waals surface area contributed by atoms with Gasteiger partial charge in [0.05, 0.1) is 31.4 Å². The molecule has 2 aromatic rings. The summed E-state index contributed by atoms with van der Waals surface area (Å²) in [5.74, 6) is -0.281. The topological polar surface area (TPSA) is 118 Å². The highest BCUT2D eigenvalue weighted by Crippen LogP contribution is 2.33. The van der Waals surface area contributed by atoms with Crippen LogP contribution in [0.2, 0.25) is 0 Å². The number of nitrogens with zero attached hydrogens (tertiary/aromatic N) is 3. The molecule has 1 N–H and O–H groups in total. The molecule has 0 bridgehead atoms. The van der Waals surface area contributed by atoms with E-state index in [2.05, 4.69) is 10.2 Å². The fourth-order valence-corrected chi connectivity index (χ4v) is 4.28. The summed E-state index contributed by atoms with van der Waals surface area (Å²) in [6.07, 6.45) is 0.431. The first-order chi connectivity index (χ1) is 15.8. The average molecular weight is 460 g/mol. The number of halogens is 1. The van der Waals surface area contributed by atoms with Crippen LogP contribution in [0.5, 0.6) is 0 Å². The Bertz CT molecular complexity index is 1050. The van der Waals surface area contributed by atoms with Crippen LogP contribution in [0.4, 0.5) is 20.8 Å². The van der Waals surface area contributed by atoms with Crippen molar-refractivity contribution in [3.8, 4) is 0 Å². The second-order valence-electron chi connectivity index (χ2n) is 8.31. The molecule has 4 rings (SSSR count). The van der Waals surface area contributed by atoms with Crippen molar-refractivity contribution in [2.75, 3.05) is 31.1 Å². The minimum Gasteiger partial charge on any atom is -0.442 e. The van der Waals surface area contributed by atoms with Crippen LogP contribution >= 0.6 is 0 Å². The van der Waals surface area contributed by atoms with Gasteiger partial charge in [0, 0.05) is 6.92 Å². The summed E-state index contributed by atoms with van der Waals surface area (Å²) in [5, 5.41) is 13.4. The molecule has 1 aromatic carbocycles. The molecular formula is C22H25FN4O6. The van der Waals surface area contributed by atoms with Crippen molar-refractivity contribution in [1.82, 2.24) is 10.2 Å². The van der Waals surface area contributed by atoms with Crippen molar-refractivity contribution in [1.29, 1.82) is 0 Å². The maximum absolute atomic E-state index is 15.0. The summed E-state index contributed by atoms with van der Waals surface area (Å²) < 4.78 is 25.4. The Morgan fingerprint density at radius 1 is 1.27 bits per heavy atom. The first-order valence-electron chi connectivity index (χ1n) is 10.8. The molecule has 0 unspecified atom stereocenters. The maximum Gasteiger partial charge on any atom is 0.433 e. The van der Waals surface area contributed by atoms with E-state index in [-0.39, 0.29) is 36.6 Å². The normalized spacial score (nSPS) is 19.5. The summed E-state index contributed by atoms with van der Waals surface area (Å²) >= 11 is 0. The number of likely N-dealkylation sites (tertiary alicyclic amines) is 1. The van der Waals surface area contributed by atoms with E-state index >= 15 is 0 Å². The highest BCUT2D eigenvalue weighted by molar-refractivity contribution is 5.89. The number of anilines is 1. The molecule has 3 heterocycles. The van der Waals surface area contributed by atoms with Crippen molar-refractivity contribution < 1.29 is 28.1 Å². The van der Waals surface area contributed by atoms with Crippen LogP contribution in [-0.2, 0) is 16.1 Å². The fourth-order valence-electron chi connectivity index (χ4n) is 4.28. The number of cyclic esters (lactones) is 1. The molecule has 1 atom stereocenters. The quantitative estimate of drug-likeness (QED) is 0.498. The number of ether oxygens (including phenoxy) is 1. The number of piperidine rings is 1. The Morgan fingerprint density at radius 3 is 2.67 bits per heavy atom. The Morgan fingerprint density at radius 2 is 2.03 bits per heavy atom. The van der Waals surface area contributed by atoms with Crippen molar-refractivity contribution in [2.24, 2.45) is 0 Å². The Kier molecular flexibility index (Phi) is 6.59. The molecule has 33 heavy (non-hydrogen) atoms. The highest BCUT2D eigenvalue weighted by Gasteiger charge is 2.33. The lowest BCUT2D eigenvalue weighted by molar-refractivity contribution is -0.402. The van der Waals surface area contributed by atoms with Crippen molar-refractivity contribution in [2.45, 2.75) is 38.3 Å². The van der Waals surface area contributed by atoms with E-state index in [0.717, 1.165) is 12.8 Å². The Labute approximate surface area is 189 Å². The molecule has 2 saturated heterocycles. The van der Waals surface area contributed by atoms with Gasteiger partial charge in [0.15, 0.2) is 0 Å². The maximum atomic E-state index is 15.0. The second kappa shape index (κ2) is 9.57. The van der Waals surface area contributed by atoms with Crippen LogP contribution in [0.1, 0.15) is 37.0 Å². The second-order valence-corrected chi connectivity index (χ2v) is 8.31. The summed E-state index contributed by atoms with van der Waals surface area (Å²) in [5.41, 5.74) is 1.03. The number of rotatable bonds is 7. The molecule has 11 heteroatoms. The molecule has 2 aliphatic rings. The number of furan rings is 1. The zero-order valence-electron chi connectivity index (χ0n) is 18.2. The number of nitrogens with one attached hydrogen (secondary N) is 1. The minimum atomic E-state index is -0.566. The molecule has 176 valence electrons. The minimum absolute atomic E-state index is 0.0410. The highest BCUT2D eigenvalue weighted by atomic mass is 19.1. The van der Waals surface area contributed by atoms with Crippen LogP contribution < -0.4 is 10.2 Å². The number of amides is 2. The van der Waals surface area contributed by atoms with Crippen LogP contribution in [0.25, 0.3) is 0 Å². The molecule has 0 spiro atoms. The lowest BCUT2D eigenvalue weighted by Crippen LogP contribution is -2.33. The van der Waals surface area contributed by atoms with Gasteiger partial charge in [-0.05, 0) is 55.6 Å². The SMILES string of the molecule is CC(=O)NC[C@H]1CN(c2ccc(C3CCN(Cc4ccc([N+](=O)[O-])o4)CC3)c(F)c2)C(=O)O1. The van der Waals surface area contributed by atoms with Gasteiger partial charge in [0.2, 0.25) is 5.91 Å². The van der Waals surface area contributed by atoms with E-state index in [4.69, 9.17) is 9.15 Å². The van der Waals surface area contributed by atoms with Crippen LogP contribution in [0.15, 0.2) is 34.7 Å². The van der Waals surface area contributed by atoms with Gasteiger partial charge in [-0.2, -0.15) is 0 Å². The van der Waals surface area contributed by atoms with Crippen LogP contribution in [0, 0.1) is 15.9 Å². The lowest BCUT2D eigenvalue weighted by Gasteiger charge is -2.31. The number of hydrogen-bond donors (Lipinski definition) is 1. The van der Waals surface area contributed by atoms with Gasteiger partial charge in [0.1, 0.15) is 22.6 Å². The Balaban J connectivity index is 1.33. The molecule has 1 aromatic heterocycles. The van der Waals surface area contributed by atoms with Gasteiger partial charge in [-0.25, -0.2) is 9.18 Å². The van der Waals surface area contributed by atoms with Gasteiger partial charge < -0.3 is 14.5 Å². The number of nitro groups is 1. The standard InChI is InChI=1S/C22H25FN4O6/c1-14(28)24-11-18-13-26(22(29)33-18)16-2-4-19(20(23)10-16)15-6-8-25(9-7-15)12-17-3-5-21(32-17)27(30)31/h2-5,10,15,18H,6-9,11-13H2,1H3,(H,24,28)/t18-/m0/s1. The van der Waals surface area contributed by atoms with Crippen molar-refractivity contribution in [3.63, 3.8) is 0 Å². The predicted octanol–water partition coefficient (Wildman–Crippen LogP) is 3.17. The molecule has 2 aliphatic heterocycles. The summed E-state index contributed by atoms with van der Waals surface area (Å²) in [6, 6.07) is 7.74. The van der Waals surface area contributed by atoms with Crippen LogP contribution in [-0.4, -0.2) is 54.1 Å². The van der Waals surface area contributed by atoms with E-state index in [0.29, 0.717) is 36.6 Å². The van der Waals surface area contributed by atoms with Crippen molar-refractivity contribution in [3.05, 3.63) is 57.6 Å². The number of hydrogen-bond acceptors (Lipinski definition) is 7. The van der Waals surface area contributed by atoms with Crippen molar-refractivity contribution >= 4 is 23.6 Å².